The number of allylic oxidation sites excluding steroid dienone is 1. The summed E-state index contributed by atoms with van der Waals surface area (Å²) in [5, 5.41) is 31.5. The summed E-state index contributed by atoms with van der Waals surface area (Å²) in [4.78, 5) is 32.0. The maximum atomic E-state index is 11.6. The van der Waals surface area contributed by atoms with E-state index in [1.165, 1.54) is 12.1 Å². The highest BCUT2D eigenvalue weighted by Gasteiger charge is 2.32. The van der Waals surface area contributed by atoms with Gasteiger partial charge < -0.3 is 5.11 Å². The zero-order valence-electron chi connectivity index (χ0n) is 15.0. The van der Waals surface area contributed by atoms with Crippen LogP contribution in [0.5, 0.6) is 0 Å². The predicted molar refractivity (Wildman–Crippen MR) is 97.4 cm³/mol. The molecule has 0 radical (unpaired) electrons. The smallest absolute Gasteiger partial charge is 0.349 e. The highest BCUT2D eigenvalue weighted by molar-refractivity contribution is 5.79. The van der Waals surface area contributed by atoms with Crippen LogP contribution in [0.15, 0.2) is 24.3 Å². The topological polar surface area (TPSA) is 124 Å². The molecular weight excluding hydrogens is 340 g/mol. The number of aliphatic carboxylic acids is 1. The monoisotopic (exact) mass is 364 g/mol. The summed E-state index contributed by atoms with van der Waals surface area (Å²) >= 11 is 0. The molecule has 26 heavy (non-hydrogen) atoms. The molecule has 0 saturated heterocycles. The molecule has 142 valence electrons. The maximum Gasteiger partial charge on any atom is 0.349 e. The number of rotatable bonds is 11. The molecule has 8 heteroatoms. The Morgan fingerprint density at radius 3 is 2.42 bits per heavy atom. The fraction of sp³-hybridized carbons (Fsp3) is 0.500. The van der Waals surface area contributed by atoms with Crippen LogP contribution in [0.25, 0.3) is 0 Å². The first kappa shape index (κ1) is 21.3. The minimum Gasteiger partial charge on any atom is -0.478 e. The lowest BCUT2D eigenvalue weighted by Gasteiger charge is -2.16. The second-order valence-corrected chi connectivity index (χ2v) is 6.22. The molecule has 0 heterocycles. The molecular formula is C18H24N2O6. The predicted octanol–water partition coefficient (Wildman–Crippen LogP) is 4.76. The minimum absolute atomic E-state index is 0.166. The summed E-state index contributed by atoms with van der Waals surface area (Å²) < 4.78 is 0. The number of hydrogen-bond donors (Lipinski definition) is 1. The number of nitro groups is 2. The lowest BCUT2D eigenvalue weighted by Crippen LogP contribution is -2.08. The molecule has 0 aliphatic heterocycles. The molecule has 0 aliphatic rings. The van der Waals surface area contributed by atoms with E-state index in [0.717, 1.165) is 37.8 Å². The first-order valence-electron chi connectivity index (χ1n) is 8.63. The Morgan fingerprint density at radius 2 is 1.88 bits per heavy atom. The van der Waals surface area contributed by atoms with Gasteiger partial charge in [-0.15, -0.1) is 0 Å². The number of carbonyl (C=O) groups is 1. The highest BCUT2D eigenvalue weighted by Crippen LogP contribution is 2.39. The van der Waals surface area contributed by atoms with Crippen molar-refractivity contribution in [2.24, 2.45) is 0 Å². The first-order chi connectivity index (χ1) is 12.3. The van der Waals surface area contributed by atoms with Crippen LogP contribution in [0.1, 0.15) is 63.0 Å². The number of nitro benzene ring substituents is 2. The third-order valence-electron chi connectivity index (χ3n) is 4.25. The van der Waals surface area contributed by atoms with Gasteiger partial charge in [-0.2, -0.15) is 0 Å². The second-order valence-electron chi connectivity index (χ2n) is 6.22. The Kier molecular flexibility index (Phi) is 8.41. The van der Waals surface area contributed by atoms with Crippen molar-refractivity contribution in [1.29, 1.82) is 0 Å². The quantitative estimate of drug-likeness (QED) is 0.261. The van der Waals surface area contributed by atoms with E-state index >= 15 is 0 Å². The molecule has 1 aromatic carbocycles. The molecule has 0 aliphatic carbocycles. The molecule has 8 nitrogen and oxygen atoms in total. The summed E-state index contributed by atoms with van der Waals surface area (Å²) in [6, 6.07) is 2.60. The number of nitrogens with zero attached hydrogens (tertiary/aromatic N) is 2. The van der Waals surface area contributed by atoms with E-state index in [1.54, 1.807) is 0 Å². The van der Waals surface area contributed by atoms with Crippen molar-refractivity contribution < 1.29 is 19.7 Å². The van der Waals surface area contributed by atoms with Gasteiger partial charge in [0.25, 0.3) is 0 Å². The van der Waals surface area contributed by atoms with Crippen molar-refractivity contribution in [3.05, 3.63) is 55.6 Å². The van der Waals surface area contributed by atoms with Crippen LogP contribution in [0.3, 0.4) is 0 Å². The third kappa shape index (κ3) is 5.94. The van der Waals surface area contributed by atoms with Crippen LogP contribution in [0.2, 0.25) is 0 Å². The molecule has 1 aromatic rings. The van der Waals surface area contributed by atoms with Gasteiger partial charge in [0.05, 0.1) is 9.85 Å². The second kappa shape index (κ2) is 10.3. The molecule has 1 rings (SSSR count). The summed E-state index contributed by atoms with van der Waals surface area (Å²) in [5.74, 6) is -1.35. The largest absolute Gasteiger partial charge is 0.478 e. The third-order valence-corrected chi connectivity index (χ3v) is 4.25. The van der Waals surface area contributed by atoms with Crippen molar-refractivity contribution in [2.75, 3.05) is 0 Å². The van der Waals surface area contributed by atoms with Crippen LogP contribution < -0.4 is 0 Å². The van der Waals surface area contributed by atoms with Gasteiger partial charge in [0, 0.05) is 17.7 Å². The van der Waals surface area contributed by atoms with Crippen LogP contribution in [-0.2, 0) is 11.2 Å². The lowest BCUT2D eigenvalue weighted by atomic mass is 9.88. The van der Waals surface area contributed by atoms with Crippen molar-refractivity contribution in [1.82, 2.24) is 0 Å². The van der Waals surface area contributed by atoms with Gasteiger partial charge in [0.2, 0.25) is 0 Å². The maximum absolute atomic E-state index is 11.6. The van der Waals surface area contributed by atoms with Crippen molar-refractivity contribution in [3.8, 4) is 0 Å². The molecule has 0 aromatic heterocycles. The Hall–Kier alpha value is -2.77. The van der Waals surface area contributed by atoms with Crippen molar-refractivity contribution in [3.63, 3.8) is 0 Å². The van der Waals surface area contributed by atoms with E-state index in [2.05, 4.69) is 6.92 Å². The Labute approximate surface area is 151 Å². The fourth-order valence-corrected chi connectivity index (χ4v) is 3.01. The van der Waals surface area contributed by atoms with Gasteiger partial charge in [-0.1, -0.05) is 51.7 Å². The molecule has 1 atom stereocenters. The summed E-state index contributed by atoms with van der Waals surface area (Å²) in [5.41, 5.74) is -0.144. The van der Waals surface area contributed by atoms with E-state index in [9.17, 15) is 25.0 Å². The van der Waals surface area contributed by atoms with Gasteiger partial charge in [-0.25, -0.2) is 4.79 Å². The van der Waals surface area contributed by atoms with Gasteiger partial charge in [-0.05, 0) is 24.3 Å². The molecule has 1 N–H and O–H groups in total. The van der Waals surface area contributed by atoms with Crippen molar-refractivity contribution >= 4 is 17.3 Å². The van der Waals surface area contributed by atoms with Gasteiger partial charge in [-0.3, -0.25) is 20.2 Å². The molecule has 0 saturated carbocycles. The molecule has 0 fully saturated rings. The van der Waals surface area contributed by atoms with Crippen molar-refractivity contribution in [2.45, 2.75) is 58.3 Å². The number of benzene rings is 1. The number of carboxylic acid groups (broad SMARTS) is 1. The molecule has 0 spiro atoms. The van der Waals surface area contributed by atoms with E-state index in [-0.39, 0.29) is 12.3 Å². The minimum atomic E-state index is -1.12. The van der Waals surface area contributed by atoms with E-state index in [4.69, 9.17) is 5.11 Å². The lowest BCUT2D eigenvalue weighted by molar-refractivity contribution is -0.423. The number of hydrogen-bond acceptors (Lipinski definition) is 5. The fourth-order valence-electron chi connectivity index (χ4n) is 3.01. The Bertz CT molecular complexity index is 699. The average Bonchev–Trinajstić information content (AvgIpc) is 2.57. The number of unbranched alkanes of at least 4 members (excludes halogenated alkanes) is 3. The summed E-state index contributed by atoms with van der Waals surface area (Å²) in [7, 11) is 0. The summed E-state index contributed by atoms with van der Waals surface area (Å²) in [6.07, 6.45) is 7.20. The molecule has 0 bridgehead atoms. The molecule has 1 unspecified atom stereocenters. The molecule has 0 amide bonds. The van der Waals surface area contributed by atoms with E-state index < -0.39 is 27.2 Å². The van der Waals surface area contributed by atoms with Crippen LogP contribution in [0, 0.1) is 20.2 Å². The average molecular weight is 364 g/mol. The van der Waals surface area contributed by atoms with Gasteiger partial charge in [0.15, 0.2) is 0 Å². The zero-order valence-corrected chi connectivity index (χ0v) is 15.0. The van der Waals surface area contributed by atoms with Crippen LogP contribution >= 0.6 is 0 Å². The number of carboxylic acids is 1. The van der Waals surface area contributed by atoms with Crippen LogP contribution in [-0.4, -0.2) is 20.9 Å². The first-order valence-corrected chi connectivity index (χ1v) is 8.63. The Balaban J connectivity index is 3.31. The summed E-state index contributed by atoms with van der Waals surface area (Å²) in [6.45, 7) is 3.91. The Morgan fingerprint density at radius 1 is 1.19 bits per heavy atom. The van der Waals surface area contributed by atoms with Gasteiger partial charge in [0.1, 0.15) is 0 Å². The standard InChI is InChI=1S/C18H24N2O6/c1-3-4-5-6-8-13(2)17-14(9-7-10-16(21)22)11-12-15(19(23)24)18(17)20(25)26/h7,10-13H,3-6,8-9H2,1-2H3,(H,21,22)/b10-7+. The van der Waals surface area contributed by atoms with E-state index in [0.29, 0.717) is 17.5 Å². The van der Waals surface area contributed by atoms with E-state index in [1.807, 2.05) is 6.92 Å². The highest BCUT2D eigenvalue weighted by atomic mass is 16.6. The normalized spacial score (nSPS) is 12.2. The van der Waals surface area contributed by atoms with Crippen LogP contribution in [0.4, 0.5) is 11.4 Å². The zero-order chi connectivity index (χ0) is 19.7. The van der Waals surface area contributed by atoms with Gasteiger partial charge >= 0.3 is 17.3 Å². The SMILES string of the molecule is CCCCCCC(C)c1c(C/C=C/C(=O)O)ccc([N+](=O)[O-])c1[N+](=O)[O-].